The first-order valence-corrected chi connectivity index (χ1v) is 6.94. The third kappa shape index (κ3) is 2.88. The van der Waals surface area contributed by atoms with E-state index in [-0.39, 0.29) is 0 Å². The summed E-state index contributed by atoms with van der Waals surface area (Å²) in [5, 5.41) is 5.29. The minimum absolute atomic E-state index is 0.935. The Morgan fingerprint density at radius 2 is 2.19 bits per heavy atom. The van der Waals surface area contributed by atoms with Crippen molar-refractivity contribution in [2.24, 2.45) is 0 Å². The van der Waals surface area contributed by atoms with Gasteiger partial charge in [-0.25, -0.2) is 0 Å². The van der Waals surface area contributed by atoms with Crippen LogP contribution in [0.15, 0.2) is 44.8 Å². The molecule has 16 heavy (non-hydrogen) atoms. The van der Waals surface area contributed by atoms with Crippen LogP contribution in [0.25, 0.3) is 0 Å². The van der Waals surface area contributed by atoms with Gasteiger partial charge in [0.25, 0.3) is 0 Å². The van der Waals surface area contributed by atoms with E-state index >= 15 is 0 Å². The second kappa shape index (κ2) is 5.53. The summed E-state index contributed by atoms with van der Waals surface area (Å²) in [6.07, 6.45) is 0. The minimum atomic E-state index is 0.935. The molecule has 0 saturated carbocycles. The summed E-state index contributed by atoms with van der Waals surface area (Å²) in [6, 6.07) is 10.9. The van der Waals surface area contributed by atoms with Crippen molar-refractivity contribution in [2.45, 2.75) is 22.6 Å². The topological polar surface area (TPSA) is 12.0 Å². The van der Waals surface area contributed by atoms with Crippen LogP contribution in [0.5, 0.6) is 0 Å². The van der Waals surface area contributed by atoms with Gasteiger partial charge < -0.3 is 5.32 Å². The number of rotatable bonds is 4. The van der Waals surface area contributed by atoms with Crippen LogP contribution < -0.4 is 5.32 Å². The van der Waals surface area contributed by atoms with Gasteiger partial charge in [0.1, 0.15) is 0 Å². The molecular formula is C13H15NS2. The Labute approximate surface area is 105 Å². The summed E-state index contributed by atoms with van der Waals surface area (Å²) in [5.41, 5.74) is 2.70. The number of nitrogens with one attached hydrogen (secondary N) is 1. The zero-order valence-corrected chi connectivity index (χ0v) is 11.1. The molecule has 1 aromatic heterocycles. The van der Waals surface area contributed by atoms with Crippen LogP contribution in [0.3, 0.4) is 0 Å². The summed E-state index contributed by atoms with van der Waals surface area (Å²) < 4.78 is 1.35. The molecule has 2 rings (SSSR count). The molecule has 2 aromatic rings. The molecule has 0 fully saturated rings. The smallest absolute Gasteiger partial charge is 0.0646 e. The maximum atomic E-state index is 3.17. The van der Waals surface area contributed by atoms with Crippen molar-refractivity contribution in [3.05, 3.63) is 46.8 Å². The van der Waals surface area contributed by atoms with Crippen molar-refractivity contribution in [3.8, 4) is 0 Å². The fourth-order valence-corrected chi connectivity index (χ4v) is 3.37. The van der Waals surface area contributed by atoms with E-state index < -0.39 is 0 Å². The number of hydrogen-bond donors (Lipinski definition) is 1. The highest BCUT2D eigenvalue weighted by Gasteiger charge is 2.02. The average molecular weight is 249 g/mol. The van der Waals surface area contributed by atoms with Gasteiger partial charge in [0, 0.05) is 11.4 Å². The Morgan fingerprint density at radius 1 is 1.31 bits per heavy atom. The molecule has 0 bridgehead atoms. The number of hydrogen-bond acceptors (Lipinski definition) is 3. The monoisotopic (exact) mass is 249 g/mol. The van der Waals surface area contributed by atoms with Crippen molar-refractivity contribution in [1.29, 1.82) is 0 Å². The molecule has 0 radical (unpaired) electrons. The standard InChI is InChI=1S/C13H15NS2/c1-10-8-11(9-14-2)5-6-12(10)16-13-4-3-7-15-13/h3-8,14H,9H2,1-2H3. The lowest BCUT2D eigenvalue weighted by atomic mass is 10.1. The first kappa shape index (κ1) is 11.7. The van der Waals surface area contributed by atoms with Crippen LogP contribution >= 0.6 is 23.1 Å². The Hall–Kier alpha value is -0.770. The fourth-order valence-electron chi connectivity index (χ4n) is 1.57. The maximum Gasteiger partial charge on any atom is 0.0646 e. The zero-order valence-electron chi connectivity index (χ0n) is 9.49. The van der Waals surface area contributed by atoms with Gasteiger partial charge in [0.05, 0.1) is 4.21 Å². The molecule has 1 nitrogen and oxygen atoms in total. The second-order valence-corrected chi connectivity index (χ2v) is 5.95. The molecule has 0 amide bonds. The van der Waals surface area contributed by atoms with Gasteiger partial charge in [-0.05, 0) is 42.6 Å². The molecule has 1 heterocycles. The Bertz CT molecular complexity index is 449. The van der Waals surface area contributed by atoms with Crippen LogP contribution in [0.2, 0.25) is 0 Å². The largest absolute Gasteiger partial charge is 0.316 e. The van der Waals surface area contributed by atoms with Crippen LogP contribution in [0.1, 0.15) is 11.1 Å². The Kier molecular flexibility index (Phi) is 4.04. The zero-order chi connectivity index (χ0) is 11.4. The summed E-state index contributed by atoms with van der Waals surface area (Å²) in [4.78, 5) is 1.35. The predicted octanol–water partition coefficient (Wildman–Crippen LogP) is 3.93. The van der Waals surface area contributed by atoms with E-state index in [1.54, 1.807) is 11.3 Å². The van der Waals surface area contributed by atoms with Gasteiger partial charge >= 0.3 is 0 Å². The molecule has 0 spiro atoms. The summed E-state index contributed by atoms with van der Waals surface area (Å²) in [5.74, 6) is 0. The lowest BCUT2D eigenvalue weighted by molar-refractivity contribution is 0.815. The van der Waals surface area contributed by atoms with Gasteiger partial charge in [0.15, 0.2) is 0 Å². The summed E-state index contributed by atoms with van der Waals surface area (Å²) >= 11 is 3.64. The van der Waals surface area contributed by atoms with Gasteiger partial charge in [-0.3, -0.25) is 0 Å². The molecular weight excluding hydrogens is 234 g/mol. The predicted molar refractivity (Wildman–Crippen MR) is 72.4 cm³/mol. The van der Waals surface area contributed by atoms with Crippen LogP contribution in [-0.4, -0.2) is 7.05 Å². The van der Waals surface area contributed by atoms with Gasteiger partial charge in [-0.1, -0.05) is 30.0 Å². The molecule has 0 unspecified atom stereocenters. The SMILES string of the molecule is CNCc1ccc(Sc2cccs2)c(C)c1. The van der Waals surface area contributed by atoms with Crippen molar-refractivity contribution >= 4 is 23.1 Å². The number of benzene rings is 1. The molecule has 3 heteroatoms. The van der Waals surface area contributed by atoms with Gasteiger partial charge in [0.2, 0.25) is 0 Å². The summed E-state index contributed by atoms with van der Waals surface area (Å²) in [7, 11) is 1.98. The Balaban J connectivity index is 2.16. The molecule has 0 aliphatic heterocycles. The lowest BCUT2D eigenvalue weighted by Gasteiger charge is -2.06. The van der Waals surface area contributed by atoms with E-state index in [2.05, 4.69) is 48.0 Å². The van der Waals surface area contributed by atoms with Crippen molar-refractivity contribution in [3.63, 3.8) is 0 Å². The third-order valence-electron chi connectivity index (χ3n) is 2.33. The number of thiophene rings is 1. The van der Waals surface area contributed by atoms with E-state index in [1.807, 2.05) is 18.8 Å². The van der Waals surface area contributed by atoms with E-state index in [0.717, 1.165) is 6.54 Å². The van der Waals surface area contributed by atoms with E-state index in [4.69, 9.17) is 0 Å². The third-order valence-corrected chi connectivity index (χ3v) is 4.54. The number of aryl methyl sites for hydroxylation is 1. The Morgan fingerprint density at radius 3 is 2.81 bits per heavy atom. The molecule has 0 aliphatic carbocycles. The summed E-state index contributed by atoms with van der Waals surface area (Å²) in [6.45, 7) is 3.11. The first-order chi connectivity index (χ1) is 7.79. The van der Waals surface area contributed by atoms with E-state index in [9.17, 15) is 0 Å². The maximum absolute atomic E-state index is 3.17. The van der Waals surface area contributed by atoms with E-state index in [1.165, 1.54) is 20.2 Å². The highest BCUT2D eigenvalue weighted by molar-refractivity contribution is 8.01. The molecule has 0 saturated heterocycles. The van der Waals surface area contributed by atoms with Crippen molar-refractivity contribution in [1.82, 2.24) is 5.32 Å². The molecule has 1 aromatic carbocycles. The van der Waals surface area contributed by atoms with Crippen molar-refractivity contribution in [2.75, 3.05) is 7.05 Å². The van der Waals surface area contributed by atoms with E-state index in [0.29, 0.717) is 0 Å². The highest BCUT2D eigenvalue weighted by atomic mass is 32.2. The fraction of sp³-hybridized carbons (Fsp3) is 0.231. The van der Waals surface area contributed by atoms with Gasteiger partial charge in [-0.2, -0.15) is 0 Å². The van der Waals surface area contributed by atoms with Crippen LogP contribution in [-0.2, 0) is 6.54 Å². The molecule has 0 atom stereocenters. The quantitative estimate of drug-likeness (QED) is 0.881. The van der Waals surface area contributed by atoms with Crippen molar-refractivity contribution < 1.29 is 0 Å². The minimum Gasteiger partial charge on any atom is -0.316 e. The van der Waals surface area contributed by atoms with Gasteiger partial charge in [-0.15, -0.1) is 11.3 Å². The molecule has 84 valence electrons. The second-order valence-electron chi connectivity index (χ2n) is 3.66. The lowest BCUT2D eigenvalue weighted by Crippen LogP contribution is -2.04. The normalized spacial score (nSPS) is 10.6. The molecule has 1 N–H and O–H groups in total. The first-order valence-electron chi connectivity index (χ1n) is 5.25. The average Bonchev–Trinajstić information content (AvgIpc) is 2.75. The van der Waals surface area contributed by atoms with Crippen LogP contribution in [0, 0.1) is 6.92 Å². The van der Waals surface area contributed by atoms with Crippen LogP contribution in [0.4, 0.5) is 0 Å². The highest BCUT2D eigenvalue weighted by Crippen LogP contribution is 2.33. The molecule has 0 aliphatic rings.